The fraction of sp³-hybridized carbons (Fsp3) is 0.800. The number of hydrogen-bond acceptors (Lipinski definition) is 5. The van der Waals surface area contributed by atoms with E-state index in [9.17, 15) is 0 Å². The summed E-state index contributed by atoms with van der Waals surface area (Å²) in [7, 11) is 1.77. The minimum absolute atomic E-state index is 0. The van der Waals surface area contributed by atoms with Crippen molar-refractivity contribution in [2.45, 2.75) is 52.1 Å². The van der Waals surface area contributed by atoms with Gasteiger partial charge in [-0.25, -0.2) is 0 Å². The zero-order chi connectivity index (χ0) is 16.0. The van der Waals surface area contributed by atoms with Crippen LogP contribution in [0.15, 0.2) is 9.52 Å². The first-order valence-electron chi connectivity index (χ1n) is 8.00. The fourth-order valence-corrected chi connectivity index (χ4v) is 2.70. The van der Waals surface area contributed by atoms with Crippen LogP contribution >= 0.6 is 24.0 Å². The van der Waals surface area contributed by atoms with Gasteiger partial charge in [-0.2, -0.15) is 4.98 Å². The van der Waals surface area contributed by atoms with Gasteiger partial charge in [0, 0.05) is 19.1 Å². The van der Waals surface area contributed by atoms with Crippen LogP contribution < -0.4 is 10.6 Å². The van der Waals surface area contributed by atoms with E-state index < -0.39 is 0 Å². The minimum atomic E-state index is 0. The van der Waals surface area contributed by atoms with Gasteiger partial charge in [-0.1, -0.05) is 11.6 Å². The number of nitrogens with zero attached hydrogens (tertiary/aromatic N) is 4. The van der Waals surface area contributed by atoms with Crippen molar-refractivity contribution in [3.8, 4) is 0 Å². The van der Waals surface area contributed by atoms with Crippen LogP contribution in [0.3, 0.4) is 0 Å². The Hall–Kier alpha value is -0.900. The van der Waals surface area contributed by atoms with E-state index in [1.54, 1.807) is 14.0 Å². The third-order valence-electron chi connectivity index (χ3n) is 4.10. The minimum Gasteiger partial charge on any atom is -0.355 e. The summed E-state index contributed by atoms with van der Waals surface area (Å²) in [5.41, 5.74) is 0.110. The summed E-state index contributed by atoms with van der Waals surface area (Å²) in [5.74, 6) is 1.96. The average molecular weight is 436 g/mol. The Morgan fingerprint density at radius 2 is 1.96 bits per heavy atom. The van der Waals surface area contributed by atoms with Crippen molar-refractivity contribution in [2.75, 3.05) is 26.7 Å². The highest BCUT2D eigenvalue weighted by Crippen LogP contribution is 2.19. The molecule has 0 spiro atoms. The molecule has 0 radical (unpaired) electrons. The molecular formula is C15H29IN6O. The van der Waals surface area contributed by atoms with E-state index in [-0.39, 0.29) is 29.5 Å². The van der Waals surface area contributed by atoms with Gasteiger partial charge in [0.2, 0.25) is 5.89 Å². The smallest absolute Gasteiger partial charge is 0.246 e. The van der Waals surface area contributed by atoms with Crippen LogP contribution in [0.1, 0.15) is 44.8 Å². The number of nitrogens with one attached hydrogen (secondary N) is 2. The Balaban J connectivity index is 0.00000264. The number of aryl methyl sites for hydroxylation is 1. The standard InChI is InChI=1S/C15H28N6O.HI/c1-12-19-13(22-20-12)10-17-14(16-4)18-11-15(2,3)21-8-6-5-7-9-21;/h5-11H2,1-4H3,(H2,16,17,18);1H. The van der Waals surface area contributed by atoms with E-state index in [2.05, 4.69) is 44.5 Å². The van der Waals surface area contributed by atoms with Crippen LogP contribution in [0.5, 0.6) is 0 Å². The van der Waals surface area contributed by atoms with E-state index in [4.69, 9.17) is 4.52 Å². The number of aliphatic imine (C=N–C) groups is 1. The lowest BCUT2D eigenvalue weighted by Crippen LogP contribution is -2.54. The third kappa shape index (κ3) is 6.25. The van der Waals surface area contributed by atoms with E-state index in [1.807, 2.05) is 0 Å². The first-order chi connectivity index (χ1) is 10.5. The van der Waals surface area contributed by atoms with Crippen molar-refractivity contribution in [3.63, 3.8) is 0 Å². The molecular weight excluding hydrogens is 407 g/mol. The van der Waals surface area contributed by atoms with Crippen LogP contribution in [0.25, 0.3) is 0 Å². The second-order valence-corrected chi connectivity index (χ2v) is 6.37. The summed E-state index contributed by atoms with van der Waals surface area (Å²) in [6.07, 6.45) is 3.95. The van der Waals surface area contributed by atoms with Crippen molar-refractivity contribution in [3.05, 3.63) is 11.7 Å². The van der Waals surface area contributed by atoms with E-state index in [0.717, 1.165) is 12.5 Å². The van der Waals surface area contributed by atoms with E-state index in [0.29, 0.717) is 18.3 Å². The lowest BCUT2D eigenvalue weighted by Gasteiger charge is -2.41. The van der Waals surface area contributed by atoms with Crippen molar-refractivity contribution < 1.29 is 4.52 Å². The average Bonchev–Trinajstić information content (AvgIpc) is 2.94. The second-order valence-electron chi connectivity index (χ2n) is 6.37. The monoisotopic (exact) mass is 436 g/mol. The predicted molar refractivity (Wildman–Crippen MR) is 102 cm³/mol. The summed E-state index contributed by atoms with van der Waals surface area (Å²) >= 11 is 0. The Kier molecular flexibility index (Phi) is 8.24. The molecule has 7 nitrogen and oxygen atoms in total. The molecule has 8 heteroatoms. The normalized spacial score (nSPS) is 16.8. The Bertz CT molecular complexity index is 496. The summed E-state index contributed by atoms with van der Waals surface area (Å²) in [4.78, 5) is 11.0. The Morgan fingerprint density at radius 1 is 1.26 bits per heavy atom. The number of guanidine groups is 1. The second kappa shape index (κ2) is 9.41. The largest absolute Gasteiger partial charge is 0.355 e. The highest BCUT2D eigenvalue weighted by atomic mass is 127. The predicted octanol–water partition coefficient (Wildman–Crippen LogP) is 1.93. The molecule has 0 atom stereocenters. The number of aromatic nitrogens is 2. The van der Waals surface area contributed by atoms with Gasteiger partial charge < -0.3 is 15.2 Å². The molecule has 0 aromatic carbocycles. The molecule has 1 saturated heterocycles. The lowest BCUT2D eigenvalue weighted by atomic mass is 9.98. The Morgan fingerprint density at radius 3 is 2.52 bits per heavy atom. The molecule has 0 bridgehead atoms. The summed E-state index contributed by atoms with van der Waals surface area (Å²) in [5, 5.41) is 10.4. The molecule has 2 rings (SSSR count). The molecule has 0 saturated carbocycles. The molecule has 1 aromatic heterocycles. The molecule has 0 unspecified atom stereocenters. The summed E-state index contributed by atoms with van der Waals surface area (Å²) in [6, 6.07) is 0. The molecule has 132 valence electrons. The molecule has 2 N–H and O–H groups in total. The zero-order valence-electron chi connectivity index (χ0n) is 14.6. The highest BCUT2D eigenvalue weighted by molar-refractivity contribution is 14.0. The molecule has 0 aliphatic carbocycles. The molecule has 1 aliphatic heterocycles. The van der Waals surface area contributed by atoms with Crippen molar-refractivity contribution in [2.24, 2.45) is 4.99 Å². The molecule has 1 aliphatic rings. The third-order valence-corrected chi connectivity index (χ3v) is 4.10. The lowest BCUT2D eigenvalue weighted by molar-refractivity contribution is 0.0982. The van der Waals surface area contributed by atoms with Gasteiger partial charge in [0.15, 0.2) is 11.8 Å². The van der Waals surface area contributed by atoms with E-state index >= 15 is 0 Å². The maximum Gasteiger partial charge on any atom is 0.246 e. The maximum atomic E-state index is 5.09. The van der Waals surface area contributed by atoms with Crippen LogP contribution in [0, 0.1) is 6.92 Å². The van der Waals surface area contributed by atoms with Crippen LogP contribution in [0.4, 0.5) is 0 Å². The number of rotatable bonds is 5. The van der Waals surface area contributed by atoms with Crippen LogP contribution in [0.2, 0.25) is 0 Å². The van der Waals surface area contributed by atoms with Crippen molar-refractivity contribution in [1.82, 2.24) is 25.7 Å². The molecule has 1 fully saturated rings. The van der Waals surface area contributed by atoms with Gasteiger partial charge in [-0.05, 0) is 46.7 Å². The first kappa shape index (κ1) is 20.1. The topological polar surface area (TPSA) is 78.6 Å². The molecule has 23 heavy (non-hydrogen) atoms. The van der Waals surface area contributed by atoms with Gasteiger partial charge in [0.25, 0.3) is 0 Å². The number of likely N-dealkylation sites (tertiary alicyclic amines) is 1. The maximum absolute atomic E-state index is 5.09. The van der Waals surface area contributed by atoms with Crippen molar-refractivity contribution >= 4 is 29.9 Å². The van der Waals surface area contributed by atoms with Crippen LogP contribution in [-0.2, 0) is 6.54 Å². The molecule has 2 heterocycles. The number of piperidine rings is 1. The summed E-state index contributed by atoms with van der Waals surface area (Å²) < 4.78 is 5.09. The quantitative estimate of drug-likeness (QED) is 0.417. The summed E-state index contributed by atoms with van der Waals surface area (Å²) in [6.45, 7) is 10.0. The first-order valence-corrected chi connectivity index (χ1v) is 8.00. The van der Waals surface area contributed by atoms with Gasteiger partial charge in [0.1, 0.15) is 0 Å². The SMILES string of the molecule is CN=C(NCc1nc(C)no1)NCC(C)(C)N1CCCCC1.I. The fourth-order valence-electron chi connectivity index (χ4n) is 2.70. The van der Waals surface area contributed by atoms with Crippen molar-refractivity contribution in [1.29, 1.82) is 0 Å². The zero-order valence-corrected chi connectivity index (χ0v) is 16.9. The highest BCUT2D eigenvalue weighted by Gasteiger charge is 2.27. The van der Waals surface area contributed by atoms with Crippen LogP contribution in [-0.4, -0.2) is 53.2 Å². The Labute approximate surface area is 155 Å². The molecule has 1 aromatic rings. The van der Waals surface area contributed by atoms with Gasteiger partial charge >= 0.3 is 0 Å². The number of halogens is 1. The molecule has 0 amide bonds. The number of hydrogen-bond donors (Lipinski definition) is 2. The van der Waals surface area contributed by atoms with Gasteiger partial charge in [-0.3, -0.25) is 9.89 Å². The van der Waals surface area contributed by atoms with E-state index in [1.165, 1.54) is 32.4 Å². The van der Waals surface area contributed by atoms with Gasteiger partial charge in [-0.15, -0.1) is 24.0 Å². The van der Waals surface area contributed by atoms with Gasteiger partial charge in [0.05, 0.1) is 6.54 Å².